The first-order valence-corrected chi connectivity index (χ1v) is 7.26. The van der Waals surface area contributed by atoms with E-state index in [1.165, 1.54) is 0 Å². The number of hydrogen-bond acceptors (Lipinski definition) is 4. The molecule has 4 N–H and O–H groups in total. The van der Waals surface area contributed by atoms with Crippen molar-refractivity contribution in [3.8, 4) is 0 Å². The molecule has 4 nitrogen and oxygen atoms in total. The molecule has 0 aromatic heterocycles. The number of rotatable bonds is 0. The van der Waals surface area contributed by atoms with Crippen molar-refractivity contribution in [1.82, 2.24) is 0 Å². The second-order valence-electron chi connectivity index (χ2n) is 5.82. The van der Waals surface area contributed by atoms with E-state index < -0.39 is 24.4 Å². The monoisotopic (exact) mass is 296 g/mol. The van der Waals surface area contributed by atoms with E-state index in [1.807, 2.05) is 24.3 Å². The van der Waals surface area contributed by atoms with Crippen LogP contribution in [0.15, 0.2) is 36.4 Å². The molecule has 2 aliphatic carbocycles. The minimum Gasteiger partial charge on any atom is -0.386 e. The fourth-order valence-corrected chi connectivity index (χ4v) is 3.39. The maximum Gasteiger partial charge on any atom is 0.110 e. The molecule has 4 atom stereocenters. The number of benzene rings is 2. The van der Waals surface area contributed by atoms with E-state index in [9.17, 15) is 20.4 Å². The van der Waals surface area contributed by atoms with Crippen molar-refractivity contribution in [3.05, 3.63) is 58.7 Å². The predicted molar refractivity (Wildman–Crippen MR) is 83.9 cm³/mol. The van der Waals surface area contributed by atoms with Gasteiger partial charge in [0.25, 0.3) is 0 Å². The summed E-state index contributed by atoms with van der Waals surface area (Å²) in [5.74, 6) is 0. The lowest BCUT2D eigenvalue weighted by atomic mass is 9.83. The molecule has 2 aliphatic rings. The van der Waals surface area contributed by atoms with Crippen LogP contribution in [-0.4, -0.2) is 32.6 Å². The lowest BCUT2D eigenvalue weighted by molar-refractivity contribution is 0.0471. The zero-order valence-corrected chi connectivity index (χ0v) is 11.7. The molecule has 0 aliphatic heterocycles. The summed E-state index contributed by atoms with van der Waals surface area (Å²) in [4.78, 5) is 0. The van der Waals surface area contributed by atoms with E-state index in [0.29, 0.717) is 11.1 Å². The molecule has 4 unspecified atom stereocenters. The standard InChI is InChI=1S/C18H16O4/c19-13-7-3-9-1-5-11-12(15(9)17(13)21)6-2-10-4-8-14(20)18(22)16(10)11/h1-8,13-14,17-22H. The Bertz CT molecular complexity index is 752. The number of aliphatic hydroxyl groups is 4. The van der Waals surface area contributed by atoms with Crippen molar-refractivity contribution in [2.45, 2.75) is 24.4 Å². The Morgan fingerprint density at radius 2 is 1.00 bits per heavy atom. The van der Waals surface area contributed by atoms with E-state index in [4.69, 9.17) is 0 Å². The Morgan fingerprint density at radius 3 is 1.41 bits per heavy atom. The van der Waals surface area contributed by atoms with Crippen LogP contribution in [0.2, 0.25) is 0 Å². The second-order valence-corrected chi connectivity index (χ2v) is 5.82. The summed E-state index contributed by atoms with van der Waals surface area (Å²) in [5, 5.41) is 42.0. The SMILES string of the molecule is OC1C=Cc2ccc3c4c(ccc3c2C1O)C=CC(O)C4O. The first-order valence-electron chi connectivity index (χ1n) is 7.26. The molecule has 0 saturated heterocycles. The fraction of sp³-hybridized carbons (Fsp3) is 0.222. The molecule has 2 aromatic rings. The molecule has 0 heterocycles. The summed E-state index contributed by atoms with van der Waals surface area (Å²) in [5.41, 5.74) is 3.02. The van der Waals surface area contributed by atoms with Gasteiger partial charge in [-0.3, -0.25) is 0 Å². The molecule has 112 valence electrons. The molecule has 22 heavy (non-hydrogen) atoms. The highest BCUT2D eigenvalue weighted by Crippen LogP contribution is 2.40. The van der Waals surface area contributed by atoms with Crippen molar-refractivity contribution in [2.75, 3.05) is 0 Å². The zero-order chi connectivity index (χ0) is 15.4. The van der Waals surface area contributed by atoms with Gasteiger partial charge >= 0.3 is 0 Å². The summed E-state index contributed by atoms with van der Waals surface area (Å²) in [6.07, 6.45) is 2.84. The van der Waals surface area contributed by atoms with Crippen LogP contribution in [0.25, 0.3) is 22.9 Å². The van der Waals surface area contributed by atoms with Crippen LogP contribution in [0, 0.1) is 0 Å². The van der Waals surface area contributed by atoms with Gasteiger partial charge in [-0.05, 0) is 33.0 Å². The topological polar surface area (TPSA) is 80.9 Å². The lowest BCUT2D eigenvalue weighted by Crippen LogP contribution is -2.21. The third-order valence-corrected chi connectivity index (χ3v) is 4.54. The average molecular weight is 296 g/mol. The third-order valence-electron chi connectivity index (χ3n) is 4.54. The molecule has 2 aromatic carbocycles. The Balaban J connectivity index is 2.06. The largest absolute Gasteiger partial charge is 0.386 e. The predicted octanol–water partition coefficient (Wildman–Crippen LogP) is 1.68. The fourth-order valence-electron chi connectivity index (χ4n) is 3.39. The summed E-state index contributed by atoms with van der Waals surface area (Å²) in [6, 6.07) is 7.50. The Labute approximate surface area is 127 Å². The maximum atomic E-state index is 10.3. The minimum atomic E-state index is -0.997. The van der Waals surface area contributed by atoms with E-state index >= 15 is 0 Å². The van der Waals surface area contributed by atoms with Gasteiger partial charge in [-0.15, -0.1) is 0 Å². The normalized spacial score (nSPS) is 29.5. The highest BCUT2D eigenvalue weighted by molar-refractivity contribution is 5.95. The van der Waals surface area contributed by atoms with Crippen LogP contribution >= 0.6 is 0 Å². The molecular formula is C18H16O4. The average Bonchev–Trinajstić information content (AvgIpc) is 2.53. The van der Waals surface area contributed by atoms with Gasteiger partial charge in [0.1, 0.15) is 24.4 Å². The van der Waals surface area contributed by atoms with Crippen molar-refractivity contribution in [1.29, 1.82) is 0 Å². The van der Waals surface area contributed by atoms with E-state index in [0.717, 1.165) is 21.9 Å². The van der Waals surface area contributed by atoms with Gasteiger partial charge in [-0.2, -0.15) is 0 Å². The van der Waals surface area contributed by atoms with Gasteiger partial charge in [-0.25, -0.2) is 0 Å². The Hall–Kier alpha value is -1.98. The van der Waals surface area contributed by atoms with E-state index in [-0.39, 0.29) is 0 Å². The molecule has 4 rings (SSSR count). The zero-order valence-electron chi connectivity index (χ0n) is 11.7. The first kappa shape index (κ1) is 13.7. The van der Waals surface area contributed by atoms with E-state index in [2.05, 4.69) is 0 Å². The molecule has 0 bridgehead atoms. The van der Waals surface area contributed by atoms with Gasteiger partial charge in [0, 0.05) is 0 Å². The smallest absolute Gasteiger partial charge is 0.110 e. The number of hydrogen-bond donors (Lipinski definition) is 4. The summed E-state index contributed by atoms with van der Waals surface area (Å²) in [6.45, 7) is 0. The summed E-state index contributed by atoms with van der Waals surface area (Å²) < 4.78 is 0. The van der Waals surface area contributed by atoms with Crippen LogP contribution in [0.5, 0.6) is 0 Å². The Morgan fingerprint density at radius 1 is 0.591 bits per heavy atom. The van der Waals surface area contributed by atoms with E-state index in [1.54, 1.807) is 24.3 Å². The van der Waals surface area contributed by atoms with Crippen LogP contribution in [0.4, 0.5) is 0 Å². The molecular weight excluding hydrogens is 280 g/mol. The summed E-state index contributed by atoms with van der Waals surface area (Å²) >= 11 is 0. The van der Waals surface area contributed by atoms with Crippen molar-refractivity contribution < 1.29 is 20.4 Å². The number of aliphatic hydroxyl groups excluding tert-OH is 4. The van der Waals surface area contributed by atoms with Crippen molar-refractivity contribution in [3.63, 3.8) is 0 Å². The molecule has 4 heteroatoms. The van der Waals surface area contributed by atoms with Crippen LogP contribution < -0.4 is 0 Å². The molecule has 0 saturated carbocycles. The highest BCUT2D eigenvalue weighted by Gasteiger charge is 2.28. The van der Waals surface area contributed by atoms with Gasteiger partial charge in [-0.1, -0.05) is 48.6 Å². The van der Waals surface area contributed by atoms with Gasteiger partial charge in [0.15, 0.2) is 0 Å². The maximum absolute atomic E-state index is 10.3. The quantitative estimate of drug-likeness (QED) is 0.596. The molecule has 0 fully saturated rings. The molecule has 0 amide bonds. The first-order chi connectivity index (χ1) is 10.6. The van der Waals surface area contributed by atoms with Gasteiger partial charge in [0.05, 0.1) is 0 Å². The van der Waals surface area contributed by atoms with Gasteiger partial charge < -0.3 is 20.4 Å². The molecule has 0 spiro atoms. The van der Waals surface area contributed by atoms with Crippen molar-refractivity contribution >= 4 is 22.9 Å². The van der Waals surface area contributed by atoms with Crippen molar-refractivity contribution in [2.24, 2.45) is 0 Å². The van der Waals surface area contributed by atoms with Gasteiger partial charge in [0.2, 0.25) is 0 Å². The second kappa shape index (κ2) is 4.76. The van der Waals surface area contributed by atoms with Crippen LogP contribution in [0.3, 0.4) is 0 Å². The lowest BCUT2D eigenvalue weighted by Gasteiger charge is -2.27. The Kier molecular flexibility index (Phi) is 2.96. The number of fused-ring (bicyclic) bond motifs is 5. The van der Waals surface area contributed by atoms with Crippen LogP contribution in [0.1, 0.15) is 34.5 Å². The summed E-state index contributed by atoms with van der Waals surface area (Å²) in [7, 11) is 0. The minimum absolute atomic E-state index is 0.659. The third kappa shape index (κ3) is 1.79. The highest BCUT2D eigenvalue weighted by atomic mass is 16.3. The van der Waals surface area contributed by atoms with Crippen LogP contribution in [-0.2, 0) is 0 Å². The molecule has 0 radical (unpaired) electrons.